The van der Waals surface area contributed by atoms with E-state index in [4.69, 9.17) is 17.0 Å². The molecule has 4 bridgehead atoms. The summed E-state index contributed by atoms with van der Waals surface area (Å²) in [6.07, 6.45) is 8.29. The number of nitrogens with zero attached hydrogens (tertiary/aromatic N) is 1. The van der Waals surface area contributed by atoms with Gasteiger partial charge in [-0.3, -0.25) is 19.8 Å². The van der Waals surface area contributed by atoms with E-state index < -0.39 is 0 Å². The number of hydrogen-bond acceptors (Lipinski definition) is 6. The van der Waals surface area contributed by atoms with Gasteiger partial charge in [0, 0.05) is 5.69 Å². The molecule has 4 saturated carbocycles. The molecule has 5 aliphatic rings. The largest absolute Gasteiger partial charge is 0.484 e. The van der Waals surface area contributed by atoms with Crippen LogP contribution in [0.15, 0.2) is 53.4 Å². The van der Waals surface area contributed by atoms with Crippen LogP contribution in [-0.4, -0.2) is 33.7 Å². The number of thiocarbonyl (C=S) groups is 1. The van der Waals surface area contributed by atoms with Crippen molar-refractivity contribution in [1.82, 2.24) is 10.4 Å². The number of rotatable bonds is 7. The standard InChI is InChI=1S/C30H31N3O4S2/c1-18-4-2-3-5-24(18)31-26(34)17-37-23-8-6-19(7-9-23)13-25-27(35)33(29(38)39-25)32-28(36)30-14-20-10-21(15-30)12-22(11-20)16-30/h2-9,13,20-22H,10-12,14-17H2,1H3,(H,31,34)(H,32,36)/b25-13-. The third kappa shape index (κ3) is 5.34. The molecule has 0 unspecified atom stereocenters. The monoisotopic (exact) mass is 561 g/mol. The number of hydrazine groups is 1. The Morgan fingerprint density at radius 3 is 2.33 bits per heavy atom. The summed E-state index contributed by atoms with van der Waals surface area (Å²) in [5.41, 5.74) is 5.07. The molecule has 9 heteroatoms. The van der Waals surface area contributed by atoms with E-state index in [1.54, 1.807) is 18.2 Å². The Kier molecular flexibility index (Phi) is 6.97. The topological polar surface area (TPSA) is 87.7 Å². The number of ether oxygens (including phenoxy) is 1. The lowest BCUT2D eigenvalue weighted by atomic mass is 9.49. The lowest BCUT2D eigenvalue weighted by Crippen LogP contribution is -2.57. The number of benzene rings is 2. The predicted molar refractivity (Wildman–Crippen MR) is 156 cm³/mol. The molecule has 2 N–H and O–H groups in total. The lowest BCUT2D eigenvalue weighted by molar-refractivity contribution is -0.152. The average molecular weight is 562 g/mol. The van der Waals surface area contributed by atoms with Crippen molar-refractivity contribution in [3.05, 3.63) is 64.6 Å². The Balaban J connectivity index is 1.05. The number of para-hydroxylation sites is 1. The molecule has 1 aliphatic heterocycles. The number of aryl methyl sites for hydroxylation is 1. The maximum absolute atomic E-state index is 13.4. The van der Waals surface area contributed by atoms with Crippen molar-refractivity contribution in [3.63, 3.8) is 0 Å². The quantitative estimate of drug-likeness (QED) is 0.345. The summed E-state index contributed by atoms with van der Waals surface area (Å²) in [6.45, 7) is 1.82. The van der Waals surface area contributed by atoms with E-state index in [-0.39, 0.29) is 29.7 Å². The molecule has 0 atom stereocenters. The zero-order chi connectivity index (χ0) is 27.1. The molecule has 7 nitrogen and oxygen atoms in total. The highest BCUT2D eigenvalue weighted by Crippen LogP contribution is 2.60. The van der Waals surface area contributed by atoms with E-state index in [2.05, 4.69) is 10.7 Å². The molecule has 2 aromatic carbocycles. The predicted octanol–water partition coefficient (Wildman–Crippen LogP) is 5.46. The highest BCUT2D eigenvalue weighted by atomic mass is 32.2. The maximum Gasteiger partial charge on any atom is 0.285 e. The SMILES string of the molecule is Cc1ccccc1NC(=O)COc1ccc(/C=C2\SC(=S)N(NC(=O)C34CC5CC(CC(C5)C3)C4)C2=O)cc1. The Bertz CT molecular complexity index is 1340. The van der Waals surface area contributed by atoms with Crippen LogP contribution in [-0.2, 0) is 14.4 Å². The second-order valence-electron chi connectivity index (χ2n) is 11.4. The van der Waals surface area contributed by atoms with Gasteiger partial charge in [0.05, 0.1) is 10.3 Å². The van der Waals surface area contributed by atoms with Crippen molar-refractivity contribution >= 4 is 57.8 Å². The van der Waals surface area contributed by atoms with E-state index in [0.717, 1.165) is 36.1 Å². The van der Waals surface area contributed by atoms with Gasteiger partial charge in [-0.25, -0.2) is 0 Å². The van der Waals surface area contributed by atoms with Gasteiger partial charge in [-0.15, -0.1) is 0 Å². The third-order valence-corrected chi connectivity index (χ3v) is 9.80. The third-order valence-electron chi connectivity index (χ3n) is 8.49. The number of hydrogen-bond donors (Lipinski definition) is 2. The van der Waals surface area contributed by atoms with E-state index in [1.807, 2.05) is 43.3 Å². The van der Waals surface area contributed by atoms with Crippen LogP contribution in [0.25, 0.3) is 6.08 Å². The summed E-state index contributed by atoms with van der Waals surface area (Å²) < 4.78 is 5.96. The van der Waals surface area contributed by atoms with Crippen LogP contribution < -0.4 is 15.5 Å². The number of thioether (sulfide) groups is 1. The normalized spacial score (nSPS) is 28.2. The number of carbonyl (C=O) groups excluding carboxylic acids is 3. The molecule has 5 fully saturated rings. The maximum atomic E-state index is 13.4. The Labute approximate surface area is 237 Å². The molecule has 202 valence electrons. The Hall–Kier alpha value is -3.17. The van der Waals surface area contributed by atoms with Crippen LogP contribution in [0.4, 0.5) is 5.69 Å². The van der Waals surface area contributed by atoms with Crippen molar-refractivity contribution in [3.8, 4) is 5.75 Å². The van der Waals surface area contributed by atoms with Crippen LogP contribution in [0, 0.1) is 30.1 Å². The first kappa shape index (κ1) is 26.1. The molecular weight excluding hydrogens is 530 g/mol. The van der Waals surface area contributed by atoms with Crippen LogP contribution >= 0.6 is 24.0 Å². The van der Waals surface area contributed by atoms with Gasteiger partial charge in [-0.05, 0) is 111 Å². The minimum Gasteiger partial charge on any atom is -0.484 e. The molecule has 0 aromatic heterocycles. The second-order valence-corrected chi connectivity index (χ2v) is 13.1. The molecule has 4 aliphatic carbocycles. The molecule has 7 rings (SSSR count). The van der Waals surface area contributed by atoms with Crippen LogP contribution in [0.1, 0.15) is 49.7 Å². The molecule has 0 spiro atoms. The first-order valence-corrected chi connectivity index (χ1v) is 14.7. The van der Waals surface area contributed by atoms with Gasteiger partial charge < -0.3 is 10.1 Å². The molecule has 3 amide bonds. The highest BCUT2D eigenvalue weighted by Gasteiger charge is 2.55. The summed E-state index contributed by atoms with van der Waals surface area (Å²) in [4.78, 5) is 39.3. The Morgan fingerprint density at radius 1 is 1.05 bits per heavy atom. The molecule has 1 heterocycles. The summed E-state index contributed by atoms with van der Waals surface area (Å²) in [6, 6.07) is 14.7. The highest BCUT2D eigenvalue weighted by molar-refractivity contribution is 8.26. The van der Waals surface area contributed by atoms with Gasteiger partial charge in [0.15, 0.2) is 10.9 Å². The molecule has 39 heavy (non-hydrogen) atoms. The summed E-state index contributed by atoms with van der Waals surface area (Å²) >= 11 is 6.65. The fourth-order valence-electron chi connectivity index (χ4n) is 7.03. The molecule has 1 saturated heterocycles. The van der Waals surface area contributed by atoms with E-state index in [0.29, 0.717) is 32.7 Å². The van der Waals surface area contributed by atoms with E-state index >= 15 is 0 Å². The van der Waals surface area contributed by atoms with Gasteiger partial charge in [0.25, 0.3) is 11.8 Å². The van der Waals surface area contributed by atoms with Crippen molar-refractivity contribution < 1.29 is 19.1 Å². The van der Waals surface area contributed by atoms with Crippen molar-refractivity contribution in [1.29, 1.82) is 0 Å². The van der Waals surface area contributed by atoms with E-state index in [1.165, 1.54) is 36.0 Å². The van der Waals surface area contributed by atoms with Crippen molar-refractivity contribution in [2.24, 2.45) is 23.2 Å². The van der Waals surface area contributed by atoms with Crippen LogP contribution in [0.2, 0.25) is 0 Å². The van der Waals surface area contributed by atoms with Gasteiger partial charge >= 0.3 is 0 Å². The van der Waals surface area contributed by atoms with Crippen LogP contribution in [0.5, 0.6) is 5.75 Å². The van der Waals surface area contributed by atoms with Gasteiger partial charge in [0.1, 0.15) is 5.75 Å². The van der Waals surface area contributed by atoms with Crippen molar-refractivity contribution in [2.75, 3.05) is 11.9 Å². The molecule has 2 aromatic rings. The summed E-state index contributed by atoms with van der Waals surface area (Å²) in [7, 11) is 0. The number of amides is 3. The summed E-state index contributed by atoms with van der Waals surface area (Å²) in [5.74, 6) is 1.87. The smallest absolute Gasteiger partial charge is 0.285 e. The van der Waals surface area contributed by atoms with Gasteiger partial charge in [0.2, 0.25) is 5.91 Å². The first-order valence-electron chi connectivity index (χ1n) is 13.5. The zero-order valence-electron chi connectivity index (χ0n) is 21.8. The fourth-order valence-corrected chi connectivity index (χ4v) is 8.21. The number of anilines is 1. The fraction of sp³-hybridized carbons (Fsp3) is 0.400. The molecule has 0 radical (unpaired) electrons. The second kappa shape index (κ2) is 10.4. The van der Waals surface area contributed by atoms with Gasteiger partial charge in [-0.1, -0.05) is 42.1 Å². The van der Waals surface area contributed by atoms with Crippen molar-refractivity contribution in [2.45, 2.75) is 45.4 Å². The Morgan fingerprint density at radius 2 is 1.69 bits per heavy atom. The number of nitrogens with one attached hydrogen (secondary N) is 2. The minimum absolute atomic E-state index is 0.0490. The lowest BCUT2D eigenvalue weighted by Gasteiger charge is -2.55. The molecular formula is C30H31N3O4S2. The first-order chi connectivity index (χ1) is 18.8. The minimum atomic E-state index is -0.353. The average Bonchev–Trinajstić information content (AvgIpc) is 3.16. The van der Waals surface area contributed by atoms with Crippen LogP contribution in [0.3, 0.4) is 0 Å². The van der Waals surface area contributed by atoms with E-state index in [9.17, 15) is 14.4 Å². The zero-order valence-corrected chi connectivity index (χ0v) is 23.4. The number of carbonyl (C=O) groups is 3. The van der Waals surface area contributed by atoms with Gasteiger partial charge in [-0.2, -0.15) is 5.01 Å². The summed E-state index contributed by atoms with van der Waals surface area (Å²) in [5, 5.41) is 4.09.